The van der Waals surface area contributed by atoms with Crippen LogP contribution in [0, 0.1) is 13.8 Å². The van der Waals surface area contributed by atoms with Crippen LogP contribution in [0.15, 0.2) is 88.7 Å². The molecule has 0 aliphatic carbocycles. The quantitative estimate of drug-likeness (QED) is 0.305. The second-order valence-electron chi connectivity index (χ2n) is 8.68. The monoisotopic (exact) mass is 562 g/mol. The van der Waals surface area contributed by atoms with Crippen molar-refractivity contribution in [3.05, 3.63) is 95.6 Å². The summed E-state index contributed by atoms with van der Waals surface area (Å²) >= 11 is 0. The minimum absolute atomic E-state index is 0.126. The largest absolute Gasteiger partial charge is 0.450 e. The molecule has 0 aromatic heterocycles. The Morgan fingerprint density at radius 3 is 1.87 bits per heavy atom. The molecule has 0 bridgehead atoms. The lowest BCUT2D eigenvalue weighted by Gasteiger charge is -2.23. The van der Waals surface area contributed by atoms with E-state index in [4.69, 9.17) is 17.8 Å². The third-order valence-corrected chi connectivity index (χ3v) is 8.40. The fraction of sp³-hybridized carbons (Fsp3) is 0.269. The summed E-state index contributed by atoms with van der Waals surface area (Å²) in [7, 11) is -8.71. The van der Waals surface area contributed by atoms with Gasteiger partial charge in [0.1, 0.15) is 12.2 Å². The highest BCUT2D eigenvalue weighted by Gasteiger charge is 2.50. The molecule has 1 heterocycles. The normalized spacial score (nSPS) is 21.8. The molecule has 10 nitrogen and oxygen atoms in total. The maximum absolute atomic E-state index is 13.0. The van der Waals surface area contributed by atoms with E-state index in [0.29, 0.717) is 0 Å². The van der Waals surface area contributed by atoms with Crippen molar-refractivity contribution in [3.63, 3.8) is 0 Å². The third-order valence-electron chi connectivity index (χ3n) is 5.78. The predicted molar refractivity (Wildman–Crippen MR) is 134 cm³/mol. The molecule has 0 saturated carbocycles. The molecule has 4 atom stereocenters. The maximum atomic E-state index is 13.0. The zero-order chi connectivity index (χ0) is 27.5. The average molecular weight is 563 g/mol. The van der Waals surface area contributed by atoms with Crippen LogP contribution in [-0.2, 0) is 38.1 Å². The van der Waals surface area contributed by atoms with Crippen LogP contribution in [0.4, 0.5) is 0 Å². The van der Waals surface area contributed by atoms with Gasteiger partial charge in [0.25, 0.3) is 20.2 Å². The van der Waals surface area contributed by atoms with E-state index in [1.54, 1.807) is 56.3 Å². The summed E-state index contributed by atoms with van der Waals surface area (Å²) in [5.74, 6) is -0.867. The number of aryl methyl sites for hydroxylation is 2. The van der Waals surface area contributed by atoms with Crippen molar-refractivity contribution >= 4 is 26.2 Å². The molecule has 3 aromatic rings. The Hall–Kier alpha value is -3.13. The van der Waals surface area contributed by atoms with Gasteiger partial charge in [-0.25, -0.2) is 4.79 Å². The van der Waals surface area contributed by atoms with Crippen molar-refractivity contribution in [3.8, 4) is 0 Å². The van der Waals surface area contributed by atoms with Gasteiger partial charge in [0, 0.05) is 0 Å². The van der Waals surface area contributed by atoms with E-state index in [9.17, 15) is 26.7 Å². The number of esters is 1. The lowest BCUT2D eigenvalue weighted by Crippen LogP contribution is -2.42. The van der Waals surface area contributed by atoms with E-state index >= 15 is 0 Å². The summed E-state index contributed by atoms with van der Waals surface area (Å²) in [6, 6.07) is 19.5. The molecule has 202 valence electrons. The van der Waals surface area contributed by atoms with Gasteiger partial charge in [-0.2, -0.15) is 16.8 Å². The zero-order valence-electron chi connectivity index (χ0n) is 20.5. The molecule has 38 heavy (non-hydrogen) atoms. The Morgan fingerprint density at radius 1 is 0.789 bits per heavy atom. The molecule has 12 heteroatoms. The first kappa shape index (κ1) is 27.9. The summed E-state index contributed by atoms with van der Waals surface area (Å²) in [5.41, 5.74) is 1.79. The van der Waals surface area contributed by atoms with Crippen LogP contribution < -0.4 is 0 Å². The molecule has 0 spiro atoms. The first-order valence-electron chi connectivity index (χ1n) is 11.5. The smallest absolute Gasteiger partial charge is 0.338 e. The molecule has 1 saturated heterocycles. The van der Waals surface area contributed by atoms with Crippen molar-refractivity contribution in [1.82, 2.24) is 0 Å². The minimum atomic E-state index is -4.45. The molecule has 3 aromatic carbocycles. The summed E-state index contributed by atoms with van der Waals surface area (Å²) in [5, 5.41) is 10.5. The maximum Gasteiger partial charge on any atom is 0.338 e. The molecule has 0 amide bonds. The molecular weight excluding hydrogens is 536 g/mol. The molecule has 4 rings (SSSR count). The summed E-state index contributed by atoms with van der Waals surface area (Å²) in [4.78, 5) is 12.4. The van der Waals surface area contributed by atoms with Gasteiger partial charge >= 0.3 is 5.97 Å². The average Bonchev–Trinajstić information content (AvgIpc) is 3.17. The first-order chi connectivity index (χ1) is 18.0. The molecular formula is C26H26O10S2. The number of carbonyl (C=O) groups excluding carboxylic acids is 1. The Bertz CT molecular complexity index is 1470. The summed E-state index contributed by atoms with van der Waals surface area (Å²) in [6.07, 6.45) is -6.49. The summed E-state index contributed by atoms with van der Waals surface area (Å²) in [6.45, 7) is 2.85. The number of aliphatic hydroxyl groups excluding tert-OH is 1. The van der Waals surface area contributed by atoms with Crippen LogP contribution in [0.5, 0.6) is 0 Å². The fourth-order valence-electron chi connectivity index (χ4n) is 3.69. The second kappa shape index (κ2) is 11.3. The van der Waals surface area contributed by atoms with E-state index < -0.39 is 57.4 Å². The third kappa shape index (κ3) is 6.46. The molecule has 1 aliphatic rings. The van der Waals surface area contributed by atoms with Gasteiger partial charge in [-0.05, 0) is 50.2 Å². The predicted octanol–water partition coefficient (Wildman–Crippen LogP) is 2.73. The van der Waals surface area contributed by atoms with Crippen LogP contribution in [0.25, 0.3) is 0 Å². The highest BCUT2D eigenvalue weighted by molar-refractivity contribution is 7.87. The molecule has 1 fully saturated rings. The second-order valence-corrected chi connectivity index (χ2v) is 11.9. The van der Waals surface area contributed by atoms with Crippen molar-refractivity contribution in [1.29, 1.82) is 0 Å². The Morgan fingerprint density at radius 2 is 1.32 bits per heavy atom. The number of rotatable bonds is 9. The van der Waals surface area contributed by atoms with Gasteiger partial charge in [0.2, 0.25) is 0 Å². The number of carbonyl (C=O) groups is 1. The van der Waals surface area contributed by atoms with Gasteiger partial charge < -0.3 is 14.6 Å². The topological polar surface area (TPSA) is 143 Å². The first-order valence-corrected chi connectivity index (χ1v) is 14.3. The number of hydrogen-bond donors (Lipinski definition) is 1. The lowest BCUT2D eigenvalue weighted by atomic mass is 10.1. The lowest BCUT2D eigenvalue weighted by molar-refractivity contribution is -0.133. The van der Waals surface area contributed by atoms with Crippen LogP contribution in [0.1, 0.15) is 21.5 Å². The molecule has 0 radical (unpaired) electrons. The van der Waals surface area contributed by atoms with Crippen molar-refractivity contribution < 1.29 is 44.6 Å². The van der Waals surface area contributed by atoms with Gasteiger partial charge in [-0.15, -0.1) is 0 Å². The van der Waals surface area contributed by atoms with Crippen LogP contribution in [0.3, 0.4) is 0 Å². The van der Waals surface area contributed by atoms with E-state index in [2.05, 4.69) is 0 Å². The number of ether oxygens (including phenoxy) is 2. The highest BCUT2D eigenvalue weighted by Crippen LogP contribution is 2.30. The van der Waals surface area contributed by atoms with Crippen LogP contribution >= 0.6 is 0 Å². The van der Waals surface area contributed by atoms with E-state index in [0.717, 1.165) is 11.1 Å². The molecule has 0 unspecified atom stereocenters. The summed E-state index contributed by atoms with van der Waals surface area (Å²) < 4.78 is 72.7. The van der Waals surface area contributed by atoms with Gasteiger partial charge in [-0.3, -0.25) is 8.37 Å². The van der Waals surface area contributed by atoms with E-state index in [1.165, 1.54) is 36.4 Å². The Balaban J connectivity index is 1.59. The van der Waals surface area contributed by atoms with Crippen molar-refractivity contribution in [2.24, 2.45) is 0 Å². The van der Waals surface area contributed by atoms with Crippen molar-refractivity contribution in [2.75, 3.05) is 6.61 Å². The molecule has 1 N–H and O–H groups in total. The SMILES string of the molecule is Cc1ccc(S(=O)(=O)OC[C@H]2O[C@@H](O)[C@@H](OC(=O)c3ccccc3)[C@H]2OS(=O)(=O)c2ccc(C)cc2)cc1. The standard InChI is InChI=1S/C26H26O10S2/c1-17-8-12-20(13-9-17)37(29,30)33-16-22-23(36-38(31,32)21-14-10-18(2)11-15-21)24(26(28)34-22)35-25(27)19-6-4-3-5-7-19/h3-15,22-24,26,28H,16H2,1-2H3/t22-,23+,24+,26-/m1/s1. The van der Waals surface area contributed by atoms with Gasteiger partial charge in [-0.1, -0.05) is 53.6 Å². The van der Waals surface area contributed by atoms with Gasteiger partial charge in [0.15, 0.2) is 12.4 Å². The number of hydrogen-bond acceptors (Lipinski definition) is 10. The van der Waals surface area contributed by atoms with E-state index in [-0.39, 0.29) is 15.4 Å². The number of benzene rings is 3. The van der Waals surface area contributed by atoms with Gasteiger partial charge in [0.05, 0.1) is 22.0 Å². The minimum Gasteiger partial charge on any atom is -0.450 e. The van der Waals surface area contributed by atoms with E-state index in [1.807, 2.05) is 0 Å². The van der Waals surface area contributed by atoms with Crippen molar-refractivity contribution in [2.45, 2.75) is 48.2 Å². The fourth-order valence-corrected chi connectivity index (χ4v) is 5.71. The highest BCUT2D eigenvalue weighted by atomic mass is 32.2. The Labute approximate surface area is 221 Å². The molecule has 1 aliphatic heterocycles. The number of aliphatic hydroxyl groups is 1. The van der Waals surface area contributed by atoms with Crippen LogP contribution in [0.2, 0.25) is 0 Å². The Kier molecular flexibility index (Phi) is 8.31. The zero-order valence-corrected chi connectivity index (χ0v) is 22.1. The van der Waals surface area contributed by atoms with Crippen LogP contribution in [-0.4, -0.2) is 59.1 Å².